The maximum absolute atomic E-state index is 5.83. The lowest BCUT2D eigenvalue weighted by molar-refractivity contribution is -0.0778. The van der Waals surface area contributed by atoms with Crippen molar-refractivity contribution in [2.45, 2.75) is 44.6 Å². The molecule has 1 aliphatic rings. The van der Waals surface area contributed by atoms with Gasteiger partial charge in [-0.2, -0.15) is 12.6 Å². The van der Waals surface area contributed by atoms with Crippen molar-refractivity contribution in [3.63, 3.8) is 0 Å². The third-order valence-electron chi connectivity index (χ3n) is 4.00. The lowest BCUT2D eigenvalue weighted by atomic mass is 10.1. The fourth-order valence-electron chi connectivity index (χ4n) is 2.53. The Morgan fingerprint density at radius 1 is 0.654 bits per heavy atom. The SMILES string of the molecule is SCCCCCCCCOCC1COCCOCCOCCOCCO1. The predicted molar refractivity (Wildman–Crippen MR) is 105 cm³/mol. The molecule has 0 aromatic carbocycles. The molecule has 0 saturated carbocycles. The largest absolute Gasteiger partial charge is 0.379 e. The third-order valence-corrected chi connectivity index (χ3v) is 4.32. The molecule has 1 rings (SSSR count). The van der Waals surface area contributed by atoms with E-state index in [0.29, 0.717) is 66.1 Å². The Balaban J connectivity index is 2.07. The Morgan fingerprint density at radius 3 is 1.85 bits per heavy atom. The van der Waals surface area contributed by atoms with Gasteiger partial charge >= 0.3 is 0 Å². The van der Waals surface area contributed by atoms with E-state index in [4.69, 9.17) is 28.4 Å². The van der Waals surface area contributed by atoms with E-state index in [-0.39, 0.29) is 6.10 Å². The van der Waals surface area contributed by atoms with Crippen molar-refractivity contribution >= 4 is 12.6 Å². The highest BCUT2D eigenvalue weighted by atomic mass is 32.1. The fourth-order valence-corrected chi connectivity index (χ4v) is 2.75. The molecule has 26 heavy (non-hydrogen) atoms. The first kappa shape index (κ1) is 24.1. The van der Waals surface area contributed by atoms with E-state index in [1.165, 1.54) is 32.1 Å². The lowest BCUT2D eigenvalue weighted by Crippen LogP contribution is -2.28. The zero-order valence-electron chi connectivity index (χ0n) is 16.2. The van der Waals surface area contributed by atoms with Crippen molar-refractivity contribution in [3.8, 4) is 0 Å². The van der Waals surface area contributed by atoms with Gasteiger partial charge in [-0.3, -0.25) is 0 Å². The molecule has 6 nitrogen and oxygen atoms in total. The summed E-state index contributed by atoms with van der Waals surface area (Å²) in [7, 11) is 0. The van der Waals surface area contributed by atoms with Crippen molar-refractivity contribution in [2.24, 2.45) is 0 Å². The van der Waals surface area contributed by atoms with Gasteiger partial charge in [-0.25, -0.2) is 0 Å². The molecule has 0 N–H and O–H groups in total. The zero-order chi connectivity index (χ0) is 18.5. The third kappa shape index (κ3) is 16.3. The smallest absolute Gasteiger partial charge is 0.104 e. The van der Waals surface area contributed by atoms with Crippen molar-refractivity contribution < 1.29 is 28.4 Å². The van der Waals surface area contributed by atoms with Crippen LogP contribution < -0.4 is 0 Å². The molecule has 0 bridgehead atoms. The van der Waals surface area contributed by atoms with Gasteiger partial charge in [0, 0.05) is 6.61 Å². The predicted octanol–water partition coefficient (Wildman–Crippen LogP) is 2.74. The van der Waals surface area contributed by atoms with Crippen molar-refractivity contribution in [1.29, 1.82) is 0 Å². The van der Waals surface area contributed by atoms with Gasteiger partial charge in [-0.05, 0) is 18.6 Å². The van der Waals surface area contributed by atoms with Gasteiger partial charge in [0.25, 0.3) is 0 Å². The normalized spacial score (nSPS) is 21.8. The van der Waals surface area contributed by atoms with Gasteiger partial charge in [0.1, 0.15) is 6.10 Å². The maximum Gasteiger partial charge on any atom is 0.104 e. The standard InChI is InChI=1S/C19H38O6S/c26-16-6-4-2-1-3-5-7-23-17-19-18-24-13-12-21-9-8-20-10-11-22-14-15-25-19/h19,26H,1-18H2. The summed E-state index contributed by atoms with van der Waals surface area (Å²) in [5.41, 5.74) is 0. The van der Waals surface area contributed by atoms with E-state index in [1.54, 1.807) is 0 Å². The van der Waals surface area contributed by atoms with Crippen molar-refractivity contribution in [3.05, 3.63) is 0 Å². The van der Waals surface area contributed by atoms with E-state index in [0.717, 1.165) is 18.8 Å². The van der Waals surface area contributed by atoms with Crippen LogP contribution in [0.3, 0.4) is 0 Å². The van der Waals surface area contributed by atoms with E-state index in [9.17, 15) is 0 Å². The van der Waals surface area contributed by atoms with E-state index in [1.807, 2.05) is 0 Å². The second-order valence-corrected chi connectivity index (χ2v) is 6.77. The maximum atomic E-state index is 5.83. The van der Waals surface area contributed by atoms with Gasteiger partial charge < -0.3 is 28.4 Å². The Morgan fingerprint density at radius 2 is 1.19 bits per heavy atom. The molecule has 7 heteroatoms. The molecule has 0 amide bonds. The first-order valence-corrected chi connectivity index (χ1v) is 10.7. The second kappa shape index (κ2) is 19.9. The van der Waals surface area contributed by atoms with Gasteiger partial charge in [0.2, 0.25) is 0 Å². The molecule has 1 aliphatic heterocycles. The van der Waals surface area contributed by atoms with Crippen LogP contribution >= 0.6 is 12.6 Å². The van der Waals surface area contributed by atoms with Gasteiger partial charge in [-0.15, -0.1) is 0 Å². The van der Waals surface area contributed by atoms with E-state index in [2.05, 4.69) is 12.6 Å². The summed E-state index contributed by atoms with van der Waals surface area (Å²) in [6.45, 7) is 6.42. The number of unbranched alkanes of at least 4 members (excludes halogenated alkanes) is 5. The van der Waals surface area contributed by atoms with Gasteiger partial charge in [-0.1, -0.05) is 25.7 Å². The molecule has 0 aromatic heterocycles. The zero-order valence-corrected chi connectivity index (χ0v) is 17.1. The topological polar surface area (TPSA) is 55.4 Å². The van der Waals surface area contributed by atoms with E-state index >= 15 is 0 Å². The Kier molecular flexibility index (Phi) is 18.4. The highest BCUT2D eigenvalue weighted by molar-refractivity contribution is 7.80. The van der Waals surface area contributed by atoms with Crippen LogP contribution in [0.25, 0.3) is 0 Å². The summed E-state index contributed by atoms with van der Waals surface area (Å²) in [5.74, 6) is 0.998. The number of ether oxygens (including phenoxy) is 6. The lowest BCUT2D eigenvalue weighted by Gasteiger charge is -2.18. The Labute approximate surface area is 164 Å². The Bertz CT molecular complexity index is 267. The van der Waals surface area contributed by atoms with Crippen molar-refractivity contribution in [2.75, 3.05) is 78.4 Å². The Hall–Kier alpha value is 0.110. The average molecular weight is 395 g/mol. The monoisotopic (exact) mass is 394 g/mol. The number of thiol groups is 1. The summed E-state index contributed by atoms with van der Waals surface area (Å²) >= 11 is 4.23. The summed E-state index contributed by atoms with van der Waals surface area (Å²) in [4.78, 5) is 0. The van der Waals surface area contributed by atoms with Crippen LogP contribution in [0.5, 0.6) is 0 Å². The number of hydrogen-bond acceptors (Lipinski definition) is 7. The molecule has 1 saturated heterocycles. The summed E-state index contributed by atoms with van der Waals surface area (Å²) in [6.07, 6.45) is 7.35. The van der Waals surface area contributed by atoms with Crippen LogP contribution in [0.2, 0.25) is 0 Å². The summed E-state index contributed by atoms with van der Waals surface area (Å²) in [5, 5.41) is 0. The van der Waals surface area contributed by atoms with Crippen LogP contribution in [0.15, 0.2) is 0 Å². The number of rotatable bonds is 10. The molecule has 0 radical (unpaired) electrons. The minimum Gasteiger partial charge on any atom is -0.379 e. The molecule has 0 aliphatic carbocycles. The van der Waals surface area contributed by atoms with E-state index < -0.39 is 0 Å². The summed E-state index contributed by atoms with van der Waals surface area (Å²) < 4.78 is 33.5. The van der Waals surface area contributed by atoms with Crippen molar-refractivity contribution in [1.82, 2.24) is 0 Å². The van der Waals surface area contributed by atoms with Crippen LogP contribution in [0, 0.1) is 0 Å². The van der Waals surface area contributed by atoms with Crippen LogP contribution in [0.4, 0.5) is 0 Å². The molecule has 156 valence electrons. The minimum atomic E-state index is -0.0598. The minimum absolute atomic E-state index is 0.0598. The fraction of sp³-hybridized carbons (Fsp3) is 1.00. The van der Waals surface area contributed by atoms with Crippen LogP contribution in [-0.2, 0) is 28.4 Å². The quantitative estimate of drug-likeness (QED) is 0.454. The second-order valence-electron chi connectivity index (χ2n) is 6.32. The van der Waals surface area contributed by atoms with Crippen LogP contribution in [0.1, 0.15) is 38.5 Å². The number of hydrogen-bond donors (Lipinski definition) is 1. The molecular formula is C19H38O6S. The first-order chi connectivity index (χ1) is 12.9. The molecule has 1 atom stereocenters. The molecular weight excluding hydrogens is 356 g/mol. The molecule has 1 fully saturated rings. The molecule has 0 spiro atoms. The highest BCUT2D eigenvalue weighted by Crippen LogP contribution is 2.06. The molecule has 0 aromatic rings. The van der Waals surface area contributed by atoms with Gasteiger partial charge in [0.05, 0.1) is 66.1 Å². The average Bonchev–Trinajstić information content (AvgIpc) is 2.66. The first-order valence-electron chi connectivity index (χ1n) is 10.0. The molecule has 1 heterocycles. The van der Waals surface area contributed by atoms with Gasteiger partial charge in [0.15, 0.2) is 0 Å². The highest BCUT2D eigenvalue weighted by Gasteiger charge is 2.10. The summed E-state index contributed by atoms with van der Waals surface area (Å²) in [6, 6.07) is 0. The molecule has 1 unspecified atom stereocenters. The van der Waals surface area contributed by atoms with Crippen LogP contribution in [-0.4, -0.2) is 84.5 Å².